The van der Waals surface area contributed by atoms with Crippen molar-refractivity contribution in [1.82, 2.24) is 0 Å². The summed E-state index contributed by atoms with van der Waals surface area (Å²) in [5.74, 6) is 2.10. The van der Waals surface area contributed by atoms with Crippen molar-refractivity contribution in [3.05, 3.63) is 23.8 Å². The van der Waals surface area contributed by atoms with Crippen LogP contribution in [0.2, 0.25) is 0 Å². The molecule has 1 N–H and O–H groups in total. The van der Waals surface area contributed by atoms with Gasteiger partial charge < -0.3 is 10.1 Å². The van der Waals surface area contributed by atoms with Crippen LogP contribution >= 0.6 is 0 Å². The fourth-order valence-corrected chi connectivity index (χ4v) is 2.64. The minimum atomic E-state index is 0.138. The zero-order chi connectivity index (χ0) is 11.9. The molecular formula is C14H21NO. The summed E-state index contributed by atoms with van der Waals surface area (Å²) in [7, 11) is 1.74. The van der Waals surface area contributed by atoms with E-state index in [4.69, 9.17) is 4.74 Å². The first kappa shape index (κ1) is 11.3. The Labute approximate surface area is 98.0 Å². The predicted octanol–water partition coefficient (Wildman–Crippen LogP) is 3.64. The molecule has 2 rings (SSSR count). The molecule has 1 aromatic rings. The maximum atomic E-state index is 5.46. The summed E-state index contributed by atoms with van der Waals surface area (Å²) in [5, 5.41) is 3.61. The van der Waals surface area contributed by atoms with E-state index in [1.807, 2.05) is 12.1 Å². The van der Waals surface area contributed by atoms with Gasteiger partial charge in [-0.2, -0.15) is 0 Å². The standard InChI is InChI=1S/C14H21NO/c1-9-10(2)14(3,4)15-11-7-6-8-12(16-5)13(9)11/h6-10,15H,1-5H3. The lowest BCUT2D eigenvalue weighted by Crippen LogP contribution is -2.44. The fraction of sp³-hybridized carbons (Fsp3) is 0.571. The van der Waals surface area contributed by atoms with Gasteiger partial charge in [0.2, 0.25) is 0 Å². The summed E-state index contributed by atoms with van der Waals surface area (Å²) in [6.45, 7) is 9.11. The van der Waals surface area contributed by atoms with Gasteiger partial charge in [-0.05, 0) is 37.8 Å². The molecule has 2 unspecified atom stereocenters. The summed E-state index contributed by atoms with van der Waals surface area (Å²) in [6, 6.07) is 6.23. The van der Waals surface area contributed by atoms with Crippen LogP contribution in [-0.2, 0) is 0 Å². The molecule has 0 fully saturated rings. The molecule has 0 saturated carbocycles. The molecule has 1 aliphatic rings. The van der Waals surface area contributed by atoms with Gasteiger partial charge in [-0.1, -0.05) is 19.9 Å². The van der Waals surface area contributed by atoms with E-state index in [0.29, 0.717) is 11.8 Å². The van der Waals surface area contributed by atoms with Crippen LogP contribution in [0.1, 0.15) is 39.2 Å². The largest absolute Gasteiger partial charge is 0.496 e. The molecule has 1 aliphatic heterocycles. The highest BCUT2D eigenvalue weighted by Gasteiger charge is 2.37. The van der Waals surface area contributed by atoms with Crippen molar-refractivity contribution in [1.29, 1.82) is 0 Å². The first-order chi connectivity index (χ1) is 7.47. The van der Waals surface area contributed by atoms with Crippen molar-refractivity contribution < 1.29 is 4.74 Å². The molecule has 88 valence electrons. The first-order valence-electron chi connectivity index (χ1n) is 5.92. The van der Waals surface area contributed by atoms with E-state index in [2.05, 4.69) is 39.1 Å². The number of fused-ring (bicyclic) bond motifs is 1. The maximum Gasteiger partial charge on any atom is 0.124 e. The second kappa shape index (κ2) is 3.69. The molecule has 2 heteroatoms. The van der Waals surface area contributed by atoms with E-state index < -0.39 is 0 Å². The Kier molecular flexibility index (Phi) is 2.61. The van der Waals surface area contributed by atoms with Gasteiger partial charge >= 0.3 is 0 Å². The number of rotatable bonds is 1. The van der Waals surface area contributed by atoms with Gasteiger partial charge in [-0.15, -0.1) is 0 Å². The Hall–Kier alpha value is -1.18. The van der Waals surface area contributed by atoms with Gasteiger partial charge in [0.1, 0.15) is 5.75 Å². The van der Waals surface area contributed by atoms with E-state index in [-0.39, 0.29) is 5.54 Å². The molecule has 0 radical (unpaired) electrons. The Bertz CT molecular complexity index is 398. The predicted molar refractivity (Wildman–Crippen MR) is 68.3 cm³/mol. The summed E-state index contributed by atoms with van der Waals surface area (Å²) in [4.78, 5) is 0. The highest BCUT2D eigenvalue weighted by molar-refractivity contribution is 5.62. The minimum absolute atomic E-state index is 0.138. The van der Waals surface area contributed by atoms with E-state index >= 15 is 0 Å². The van der Waals surface area contributed by atoms with Crippen molar-refractivity contribution in [2.75, 3.05) is 12.4 Å². The average Bonchev–Trinajstić information content (AvgIpc) is 2.24. The lowest BCUT2D eigenvalue weighted by molar-refractivity contribution is 0.306. The topological polar surface area (TPSA) is 21.3 Å². The molecule has 1 heterocycles. The Morgan fingerprint density at radius 2 is 1.94 bits per heavy atom. The van der Waals surface area contributed by atoms with Gasteiger partial charge in [0.15, 0.2) is 0 Å². The van der Waals surface area contributed by atoms with E-state index in [1.54, 1.807) is 7.11 Å². The van der Waals surface area contributed by atoms with Crippen LogP contribution in [0.3, 0.4) is 0 Å². The second-order valence-electron chi connectivity index (χ2n) is 5.35. The molecule has 0 amide bonds. The maximum absolute atomic E-state index is 5.46. The highest BCUT2D eigenvalue weighted by Crippen LogP contribution is 2.46. The van der Waals surface area contributed by atoms with Crippen LogP contribution in [0.15, 0.2) is 18.2 Å². The zero-order valence-electron chi connectivity index (χ0n) is 10.8. The molecule has 0 aliphatic carbocycles. The molecule has 2 atom stereocenters. The minimum Gasteiger partial charge on any atom is -0.496 e. The number of hydrogen-bond donors (Lipinski definition) is 1. The zero-order valence-corrected chi connectivity index (χ0v) is 10.8. The molecule has 1 aromatic carbocycles. The van der Waals surface area contributed by atoms with Crippen LogP contribution in [0, 0.1) is 5.92 Å². The molecule has 2 nitrogen and oxygen atoms in total. The van der Waals surface area contributed by atoms with E-state index in [1.165, 1.54) is 11.3 Å². The summed E-state index contributed by atoms with van der Waals surface area (Å²) in [6.07, 6.45) is 0. The number of hydrogen-bond acceptors (Lipinski definition) is 2. The number of nitrogens with one attached hydrogen (secondary N) is 1. The van der Waals surface area contributed by atoms with Crippen LogP contribution in [0.5, 0.6) is 5.75 Å². The summed E-state index contributed by atoms with van der Waals surface area (Å²) in [5.41, 5.74) is 2.67. The van der Waals surface area contributed by atoms with Gasteiger partial charge in [0, 0.05) is 16.8 Å². The quantitative estimate of drug-likeness (QED) is 0.778. The van der Waals surface area contributed by atoms with Crippen molar-refractivity contribution in [2.45, 2.75) is 39.2 Å². The van der Waals surface area contributed by atoms with E-state index in [9.17, 15) is 0 Å². The SMILES string of the molecule is COc1cccc2c1C(C)C(C)C(C)(C)N2. The molecular weight excluding hydrogens is 198 g/mol. The van der Waals surface area contributed by atoms with Crippen molar-refractivity contribution in [3.8, 4) is 5.75 Å². The molecule has 0 aromatic heterocycles. The lowest BCUT2D eigenvalue weighted by atomic mass is 9.73. The van der Waals surface area contributed by atoms with Crippen LogP contribution in [0.25, 0.3) is 0 Å². The molecule has 0 saturated heterocycles. The summed E-state index contributed by atoms with van der Waals surface area (Å²) < 4.78 is 5.46. The molecule has 0 spiro atoms. The van der Waals surface area contributed by atoms with Crippen LogP contribution < -0.4 is 10.1 Å². The number of methoxy groups -OCH3 is 1. The van der Waals surface area contributed by atoms with Gasteiger partial charge in [-0.25, -0.2) is 0 Å². The van der Waals surface area contributed by atoms with Crippen molar-refractivity contribution in [3.63, 3.8) is 0 Å². The smallest absolute Gasteiger partial charge is 0.124 e. The van der Waals surface area contributed by atoms with Crippen LogP contribution in [-0.4, -0.2) is 12.6 Å². The van der Waals surface area contributed by atoms with Gasteiger partial charge in [0.05, 0.1) is 7.11 Å². The number of anilines is 1. The monoisotopic (exact) mass is 219 g/mol. The lowest BCUT2D eigenvalue weighted by Gasteiger charge is -2.44. The summed E-state index contributed by atoms with van der Waals surface area (Å²) >= 11 is 0. The fourth-order valence-electron chi connectivity index (χ4n) is 2.64. The Morgan fingerprint density at radius 3 is 2.56 bits per heavy atom. The van der Waals surface area contributed by atoms with Gasteiger partial charge in [0.25, 0.3) is 0 Å². The van der Waals surface area contributed by atoms with Crippen molar-refractivity contribution in [2.24, 2.45) is 5.92 Å². The Balaban J connectivity index is 2.54. The third kappa shape index (κ3) is 1.57. The first-order valence-corrected chi connectivity index (χ1v) is 5.92. The molecule has 0 bridgehead atoms. The number of ether oxygens (including phenoxy) is 1. The normalized spacial score (nSPS) is 26.8. The highest BCUT2D eigenvalue weighted by atomic mass is 16.5. The van der Waals surface area contributed by atoms with Crippen molar-refractivity contribution >= 4 is 5.69 Å². The second-order valence-corrected chi connectivity index (χ2v) is 5.35. The third-order valence-corrected chi connectivity index (χ3v) is 4.09. The average molecular weight is 219 g/mol. The third-order valence-electron chi connectivity index (χ3n) is 4.09. The number of benzene rings is 1. The van der Waals surface area contributed by atoms with Crippen LogP contribution in [0.4, 0.5) is 5.69 Å². The Morgan fingerprint density at radius 1 is 1.25 bits per heavy atom. The van der Waals surface area contributed by atoms with Gasteiger partial charge in [-0.3, -0.25) is 0 Å². The van der Waals surface area contributed by atoms with E-state index in [0.717, 1.165) is 5.75 Å². The molecule has 16 heavy (non-hydrogen) atoms.